The number of carbonyl (C=O) groups excluding carboxylic acids is 1. The van der Waals surface area contributed by atoms with Crippen molar-refractivity contribution >= 4 is 11.6 Å². The van der Waals surface area contributed by atoms with Crippen LogP contribution in [-0.2, 0) is 0 Å². The summed E-state index contributed by atoms with van der Waals surface area (Å²) in [6.45, 7) is 1.79. The molecule has 1 aromatic rings. The summed E-state index contributed by atoms with van der Waals surface area (Å²) >= 11 is 0. The van der Waals surface area contributed by atoms with Gasteiger partial charge < -0.3 is 10.6 Å². The second kappa shape index (κ2) is 6.62. The van der Waals surface area contributed by atoms with Gasteiger partial charge in [-0.1, -0.05) is 0 Å². The molecule has 7 heteroatoms. The number of benzene rings is 1. The Balaban J connectivity index is 2.09. The molecule has 0 radical (unpaired) electrons. The number of piperidine rings is 1. The standard InChI is InChI=1S/C14H18FN3O3/c15-12-7-11(8-13(9-12)18(20)21)14(19)17-5-2-10(1-4-16)3-6-17/h7-10H,1-6,16H2. The number of non-ortho nitro benzene ring substituents is 1. The number of nitro benzene ring substituents is 1. The number of nitro groups is 1. The van der Waals surface area contributed by atoms with E-state index in [1.807, 2.05) is 0 Å². The van der Waals surface area contributed by atoms with Gasteiger partial charge in [0.2, 0.25) is 0 Å². The Labute approximate surface area is 121 Å². The molecule has 0 aliphatic carbocycles. The largest absolute Gasteiger partial charge is 0.339 e. The summed E-state index contributed by atoms with van der Waals surface area (Å²) in [5, 5.41) is 10.7. The minimum Gasteiger partial charge on any atom is -0.339 e. The maximum Gasteiger partial charge on any atom is 0.273 e. The summed E-state index contributed by atoms with van der Waals surface area (Å²) in [4.78, 5) is 23.9. The molecule has 1 saturated heterocycles. The molecular weight excluding hydrogens is 277 g/mol. The Hall–Kier alpha value is -2.02. The number of rotatable bonds is 4. The van der Waals surface area contributed by atoms with Gasteiger partial charge in [0, 0.05) is 24.7 Å². The molecule has 2 rings (SSSR count). The van der Waals surface area contributed by atoms with Crippen LogP contribution in [0.25, 0.3) is 0 Å². The average Bonchev–Trinajstić information content (AvgIpc) is 2.47. The summed E-state index contributed by atoms with van der Waals surface area (Å²) in [7, 11) is 0. The Bertz CT molecular complexity index is 542. The molecule has 0 unspecified atom stereocenters. The average molecular weight is 295 g/mol. The van der Waals surface area contributed by atoms with Crippen molar-refractivity contribution < 1.29 is 14.1 Å². The molecule has 0 bridgehead atoms. The van der Waals surface area contributed by atoms with E-state index in [0.29, 0.717) is 25.6 Å². The molecule has 0 aromatic heterocycles. The number of carbonyl (C=O) groups is 1. The third kappa shape index (κ3) is 3.75. The molecular formula is C14H18FN3O3. The number of likely N-dealkylation sites (tertiary alicyclic amines) is 1. The van der Waals surface area contributed by atoms with Gasteiger partial charge in [-0.15, -0.1) is 0 Å². The van der Waals surface area contributed by atoms with E-state index >= 15 is 0 Å². The number of nitrogens with two attached hydrogens (primary N) is 1. The quantitative estimate of drug-likeness (QED) is 0.679. The monoisotopic (exact) mass is 295 g/mol. The van der Waals surface area contributed by atoms with Crippen LogP contribution in [0.2, 0.25) is 0 Å². The lowest BCUT2D eigenvalue weighted by molar-refractivity contribution is -0.385. The van der Waals surface area contributed by atoms with Crippen molar-refractivity contribution in [2.45, 2.75) is 19.3 Å². The SMILES string of the molecule is NCCC1CCN(C(=O)c2cc(F)cc([N+](=O)[O-])c2)CC1. The Morgan fingerprint density at radius 1 is 1.38 bits per heavy atom. The number of hydrogen-bond donors (Lipinski definition) is 1. The van der Waals surface area contributed by atoms with E-state index < -0.39 is 16.4 Å². The van der Waals surface area contributed by atoms with Crippen molar-refractivity contribution in [2.24, 2.45) is 11.7 Å². The predicted octanol–water partition coefficient (Wildman–Crippen LogP) is 1.93. The zero-order valence-electron chi connectivity index (χ0n) is 11.6. The first kappa shape index (κ1) is 15.4. The van der Waals surface area contributed by atoms with Crippen molar-refractivity contribution in [3.8, 4) is 0 Å². The van der Waals surface area contributed by atoms with E-state index in [1.54, 1.807) is 4.90 Å². The van der Waals surface area contributed by atoms with Crippen molar-refractivity contribution in [1.82, 2.24) is 4.90 Å². The third-order valence-corrected chi connectivity index (χ3v) is 3.82. The smallest absolute Gasteiger partial charge is 0.273 e. The first-order valence-corrected chi connectivity index (χ1v) is 6.95. The highest BCUT2D eigenvalue weighted by Gasteiger charge is 2.24. The minimum atomic E-state index is -0.773. The topological polar surface area (TPSA) is 89.5 Å². The van der Waals surface area contributed by atoms with Crippen molar-refractivity contribution in [3.05, 3.63) is 39.7 Å². The number of hydrogen-bond acceptors (Lipinski definition) is 4. The highest BCUT2D eigenvalue weighted by Crippen LogP contribution is 2.23. The molecule has 0 atom stereocenters. The van der Waals surface area contributed by atoms with E-state index in [1.165, 1.54) is 0 Å². The molecule has 1 fully saturated rings. The summed E-state index contributed by atoms with van der Waals surface area (Å²) < 4.78 is 13.4. The van der Waals surface area contributed by atoms with Gasteiger partial charge in [-0.05, 0) is 37.8 Å². The molecule has 6 nitrogen and oxygen atoms in total. The van der Waals surface area contributed by atoms with Crippen molar-refractivity contribution in [2.75, 3.05) is 19.6 Å². The van der Waals surface area contributed by atoms with Crippen LogP contribution in [0.4, 0.5) is 10.1 Å². The molecule has 1 amide bonds. The lowest BCUT2D eigenvalue weighted by atomic mass is 9.93. The fraction of sp³-hybridized carbons (Fsp3) is 0.500. The van der Waals surface area contributed by atoms with Crippen LogP contribution in [0.5, 0.6) is 0 Å². The van der Waals surface area contributed by atoms with Crippen LogP contribution in [0, 0.1) is 21.8 Å². The van der Waals surface area contributed by atoms with Crippen molar-refractivity contribution in [3.63, 3.8) is 0 Å². The molecule has 1 aliphatic rings. The maximum absolute atomic E-state index is 13.4. The van der Waals surface area contributed by atoms with E-state index in [0.717, 1.165) is 37.5 Å². The van der Waals surface area contributed by atoms with Gasteiger partial charge in [0.1, 0.15) is 5.82 Å². The summed E-state index contributed by atoms with van der Waals surface area (Å²) in [6.07, 6.45) is 2.66. The normalized spacial score (nSPS) is 16.0. The van der Waals surface area contributed by atoms with Crippen molar-refractivity contribution in [1.29, 1.82) is 0 Å². The molecule has 1 heterocycles. The number of amides is 1. The van der Waals surface area contributed by atoms with E-state index in [2.05, 4.69) is 0 Å². The van der Waals surface area contributed by atoms with Crippen LogP contribution in [0.15, 0.2) is 18.2 Å². The zero-order valence-corrected chi connectivity index (χ0v) is 11.6. The second-order valence-electron chi connectivity index (χ2n) is 5.27. The predicted molar refractivity (Wildman–Crippen MR) is 75.4 cm³/mol. The first-order valence-electron chi connectivity index (χ1n) is 6.95. The van der Waals surface area contributed by atoms with Crippen LogP contribution in [0.1, 0.15) is 29.6 Å². The van der Waals surface area contributed by atoms with E-state index in [-0.39, 0.29) is 11.5 Å². The van der Waals surface area contributed by atoms with Crippen LogP contribution >= 0.6 is 0 Å². The molecule has 0 saturated carbocycles. The number of halogens is 1. The van der Waals surface area contributed by atoms with E-state index in [4.69, 9.17) is 5.73 Å². The molecule has 1 aliphatic heterocycles. The maximum atomic E-state index is 13.4. The fourth-order valence-electron chi connectivity index (χ4n) is 2.65. The van der Waals surface area contributed by atoms with Gasteiger partial charge in [0.15, 0.2) is 0 Å². The van der Waals surface area contributed by atoms with Gasteiger partial charge >= 0.3 is 0 Å². The highest BCUT2D eigenvalue weighted by molar-refractivity contribution is 5.94. The second-order valence-corrected chi connectivity index (χ2v) is 5.27. The van der Waals surface area contributed by atoms with Gasteiger partial charge in [-0.3, -0.25) is 14.9 Å². The summed E-state index contributed by atoms with van der Waals surface area (Å²) in [5.41, 5.74) is 5.14. The van der Waals surface area contributed by atoms with Gasteiger partial charge in [-0.25, -0.2) is 4.39 Å². The van der Waals surface area contributed by atoms with Crippen LogP contribution in [-0.4, -0.2) is 35.4 Å². The fourth-order valence-corrected chi connectivity index (χ4v) is 2.65. The third-order valence-electron chi connectivity index (χ3n) is 3.82. The zero-order chi connectivity index (χ0) is 15.4. The van der Waals surface area contributed by atoms with Gasteiger partial charge in [0.05, 0.1) is 11.0 Å². The summed E-state index contributed by atoms with van der Waals surface area (Å²) in [5.74, 6) is -0.615. The summed E-state index contributed by atoms with van der Waals surface area (Å²) in [6, 6.07) is 2.98. The van der Waals surface area contributed by atoms with Gasteiger partial charge in [-0.2, -0.15) is 0 Å². The minimum absolute atomic E-state index is 0.0268. The first-order chi connectivity index (χ1) is 10.0. The Kier molecular flexibility index (Phi) is 4.85. The Morgan fingerprint density at radius 3 is 2.62 bits per heavy atom. The molecule has 1 aromatic carbocycles. The van der Waals surface area contributed by atoms with Gasteiger partial charge in [0.25, 0.3) is 11.6 Å². The molecule has 2 N–H and O–H groups in total. The number of nitrogens with zero attached hydrogens (tertiary/aromatic N) is 2. The molecule has 0 spiro atoms. The van der Waals surface area contributed by atoms with Crippen LogP contribution in [0.3, 0.4) is 0 Å². The molecule has 21 heavy (non-hydrogen) atoms. The molecule has 114 valence electrons. The lowest BCUT2D eigenvalue weighted by Gasteiger charge is -2.31. The van der Waals surface area contributed by atoms with Crippen LogP contribution < -0.4 is 5.73 Å². The van der Waals surface area contributed by atoms with E-state index in [9.17, 15) is 19.3 Å². The lowest BCUT2D eigenvalue weighted by Crippen LogP contribution is -2.38. The highest BCUT2D eigenvalue weighted by atomic mass is 19.1. The Morgan fingerprint density at radius 2 is 2.05 bits per heavy atom.